The van der Waals surface area contributed by atoms with E-state index in [4.69, 9.17) is 11.6 Å². The summed E-state index contributed by atoms with van der Waals surface area (Å²) in [5, 5.41) is 11.3. The number of para-hydroxylation sites is 1. The van der Waals surface area contributed by atoms with Gasteiger partial charge in [0, 0.05) is 26.9 Å². The van der Waals surface area contributed by atoms with E-state index in [-0.39, 0.29) is 10.6 Å². The summed E-state index contributed by atoms with van der Waals surface area (Å²) >= 11 is 7.57. The summed E-state index contributed by atoms with van der Waals surface area (Å²) in [7, 11) is -4.01. The van der Waals surface area contributed by atoms with Crippen molar-refractivity contribution in [3.05, 3.63) is 81.9 Å². The van der Waals surface area contributed by atoms with Crippen molar-refractivity contribution in [2.24, 2.45) is 0 Å². The molecule has 0 aliphatic carbocycles. The minimum atomic E-state index is -4.01. The molecule has 0 N–H and O–H groups in total. The maximum absolute atomic E-state index is 13.4. The second-order valence-corrected chi connectivity index (χ2v) is 9.01. The summed E-state index contributed by atoms with van der Waals surface area (Å²) in [6, 6.07) is 17.1. The summed E-state index contributed by atoms with van der Waals surface area (Å²) in [6.45, 7) is 0. The molecular formula is C18H11ClN2O4S2. The lowest BCUT2D eigenvalue weighted by molar-refractivity contribution is -0.384. The molecule has 0 saturated carbocycles. The summed E-state index contributed by atoms with van der Waals surface area (Å²) in [6.07, 6.45) is 0. The Labute approximate surface area is 164 Å². The van der Waals surface area contributed by atoms with Crippen LogP contribution in [-0.2, 0) is 10.0 Å². The predicted molar refractivity (Wildman–Crippen MR) is 104 cm³/mol. The van der Waals surface area contributed by atoms with Crippen molar-refractivity contribution in [1.82, 2.24) is 0 Å². The average Bonchev–Trinajstić information content (AvgIpc) is 2.66. The first-order chi connectivity index (χ1) is 12.9. The molecule has 9 heteroatoms. The summed E-state index contributed by atoms with van der Waals surface area (Å²) in [5.41, 5.74) is 0.784. The van der Waals surface area contributed by atoms with E-state index in [1.165, 1.54) is 40.3 Å². The minimum Gasteiger partial charge on any atom is -0.258 e. The van der Waals surface area contributed by atoms with E-state index in [1.807, 2.05) is 12.1 Å². The highest BCUT2D eigenvalue weighted by Gasteiger charge is 2.34. The van der Waals surface area contributed by atoms with Crippen LogP contribution in [0.25, 0.3) is 0 Å². The van der Waals surface area contributed by atoms with Gasteiger partial charge < -0.3 is 0 Å². The molecule has 3 aromatic rings. The van der Waals surface area contributed by atoms with E-state index in [0.29, 0.717) is 16.4 Å². The largest absolute Gasteiger partial charge is 0.269 e. The predicted octanol–water partition coefficient (Wildman–Crippen LogP) is 5.24. The van der Waals surface area contributed by atoms with Gasteiger partial charge in [0.2, 0.25) is 0 Å². The molecule has 1 aliphatic heterocycles. The third-order valence-electron chi connectivity index (χ3n) is 4.03. The lowest BCUT2D eigenvalue weighted by Crippen LogP contribution is -2.28. The van der Waals surface area contributed by atoms with Gasteiger partial charge in [0.25, 0.3) is 15.7 Å². The van der Waals surface area contributed by atoms with E-state index in [1.54, 1.807) is 30.3 Å². The highest BCUT2D eigenvalue weighted by Crippen LogP contribution is 2.50. The Balaban J connectivity index is 1.92. The van der Waals surface area contributed by atoms with Crippen molar-refractivity contribution in [2.75, 3.05) is 4.31 Å². The van der Waals surface area contributed by atoms with E-state index in [9.17, 15) is 18.5 Å². The van der Waals surface area contributed by atoms with Crippen LogP contribution in [0.15, 0.2) is 81.4 Å². The van der Waals surface area contributed by atoms with Crippen LogP contribution in [0.1, 0.15) is 0 Å². The molecule has 0 radical (unpaired) electrons. The summed E-state index contributed by atoms with van der Waals surface area (Å²) < 4.78 is 28.1. The standard InChI is InChI=1S/C18H11ClN2O4S2/c19-12-5-10-18-16(11-12)20(15-3-1-2-4-17(15)26-18)27(24,25)14-8-6-13(7-9-14)21(22)23/h1-11H. The van der Waals surface area contributed by atoms with Crippen molar-refractivity contribution in [1.29, 1.82) is 0 Å². The van der Waals surface area contributed by atoms with E-state index < -0.39 is 14.9 Å². The number of hydrogen-bond donors (Lipinski definition) is 0. The van der Waals surface area contributed by atoms with Crippen molar-refractivity contribution in [3.8, 4) is 0 Å². The zero-order valence-corrected chi connectivity index (χ0v) is 16.0. The van der Waals surface area contributed by atoms with Gasteiger partial charge in [-0.1, -0.05) is 35.5 Å². The maximum atomic E-state index is 13.4. The van der Waals surface area contributed by atoms with Gasteiger partial charge in [-0.25, -0.2) is 12.7 Å². The molecule has 0 saturated heterocycles. The molecule has 4 rings (SSSR count). The van der Waals surface area contributed by atoms with Crippen LogP contribution < -0.4 is 4.31 Å². The van der Waals surface area contributed by atoms with Crippen LogP contribution in [0.4, 0.5) is 17.1 Å². The molecule has 1 aliphatic rings. The van der Waals surface area contributed by atoms with Crippen molar-refractivity contribution >= 4 is 50.4 Å². The highest BCUT2D eigenvalue weighted by atomic mass is 35.5. The average molecular weight is 419 g/mol. The first-order valence-electron chi connectivity index (χ1n) is 7.74. The number of halogens is 1. The minimum absolute atomic E-state index is 0.0410. The third kappa shape index (κ3) is 3.05. The van der Waals surface area contributed by atoms with E-state index in [0.717, 1.165) is 9.79 Å². The van der Waals surface area contributed by atoms with Gasteiger partial charge in [-0.2, -0.15) is 0 Å². The molecule has 0 atom stereocenters. The maximum Gasteiger partial charge on any atom is 0.269 e. The number of nitrogens with zero attached hydrogens (tertiary/aromatic N) is 2. The first-order valence-corrected chi connectivity index (χ1v) is 10.4. The number of hydrogen-bond acceptors (Lipinski definition) is 5. The van der Waals surface area contributed by atoms with Gasteiger partial charge in [-0.3, -0.25) is 10.1 Å². The van der Waals surface area contributed by atoms with Gasteiger partial charge in [0.05, 0.1) is 21.2 Å². The first kappa shape index (κ1) is 17.8. The molecule has 136 valence electrons. The third-order valence-corrected chi connectivity index (χ3v) is 7.14. The van der Waals surface area contributed by atoms with Crippen LogP contribution in [0.3, 0.4) is 0 Å². The number of fused-ring (bicyclic) bond motifs is 2. The Hall–Kier alpha value is -2.55. The SMILES string of the molecule is O=[N+]([O-])c1ccc(S(=O)(=O)N2c3ccccc3Sc3ccc(Cl)cc32)cc1. The Kier molecular flexibility index (Phi) is 4.33. The molecule has 0 spiro atoms. The zero-order chi connectivity index (χ0) is 19.2. The molecule has 27 heavy (non-hydrogen) atoms. The molecule has 0 amide bonds. The fourth-order valence-corrected chi connectivity index (χ4v) is 5.64. The number of sulfonamides is 1. The van der Waals surface area contributed by atoms with Crippen LogP contribution in [0, 0.1) is 10.1 Å². The van der Waals surface area contributed by atoms with Crippen molar-refractivity contribution in [3.63, 3.8) is 0 Å². The molecule has 0 aromatic heterocycles. The fraction of sp³-hybridized carbons (Fsp3) is 0. The van der Waals surface area contributed by atoms with Crippen LogP contribution >= 0.6 is 23.4 Å². The number of non-ortho nitro benzene ring substituents is 1. The molecule has 0 fully saturated rings. The van der Waals surface area contributed by atoms with Crippen LogP contribution in [0.5, 0.6) is 0 Å². The lowest BCUT2D eigenvalue weighted by Gasteiger charge is -2.32. The molecule has 1 heterocycles. The fourth-order valence-electron chi connectivity index (χ4n) is 2.80. The Bertz CT molecular complexity index is 1160. The van der Waals surface area contributed by atoms with Gasteiger partial charge in [0.15, 0.2) is 0 Å². The zero-order valence-electron chi connectivity index (χ0n) is 13.6. The second-order valence-electron chi connectivity index (χ2n) is 5.70. The van der Waals surface area contributed by atoms with E-state index in [2.05, 4.69) is 0 Å². The normalized spacial score (nSPS) is 13.0. The Morgan fingerprint density at radius 1 is 0.926 bits per heavy atom. The van der Waals surface area contributed by atoms with E-state index >= 15 is 0 Å². The molecule has 6 nitrogen and oxygen atoms in total. The molecule has 3 aromatic carbocycles. The van der Waals surface area contributed by atoms with Crippen LogP contribution in [-0.4, -0.2) is 13.3 Å². The highest BCUT2D eigenvalue weighted by molar-refractivity contribution is 8.00. The lowest BCUT2D eigenvalue weighted by atomic mass is 10.2. The molecule has 0 unspecified atom stereocenters. The summed E-state index contributed by atoms with van der Waals surface area (Å²) in [4.78, 5) is 11.8. The Morgan fingerprint density at radius 2 is 1.59 bits per heavy atom. The van der Waals surface area contributed by atoms with Gasteiger partial charge >= 0.3 is 0 Å². The number of benzene rings is 3. The number of rotatable bonds is 3. The topological polar surface area (TPSA) is 80.5 Å². The second kappa shape index (κ2) is 6.56. The smallest absolute Gasteiger partial charge is 0.258 e. The Morgan fingerprint density at radius 3 is 2.30 bits per heavy atom. The monoisotopic (exact) mass is 418 g/mol. The van der Waals surface area contributed by atoms with Crippen molar-refractivity contribution < 1.29 is 13.3 Å². The quantitative estimate of drug-likeness (QED) is 0.429. The van der Waals surface area contributed by atoms with Crippen molar-refractivity contribution in [2.45, 2.75) is 14.7 Å². The number of anilines is 2. The number of nitro groups is 1. The molecular weight excluding hydrogens is 408 g/mol. The van der Waals surface area contributed by atoms with Crippen LogP contribution in [0.2, 0.25) is 5.02 Å². The van der Waals surface area contributed by atoms with Gasteiger partial charge in [-0.15, -0.1) is 0 Å². The number of nitro benzene ring substituents is 1. The molecule has 0 bridgehead atoms. The summed E-state index contributed by atoms with van der Waals surface area (Å²) in [5.74, 6) is 0. The van der Waals surface area contributed by atoms with Gasteiger partial charge in [-0.05, 0) is 42.5 Å². The van der Waals surface area contributed by atoms with Gasteiger partial charge in [0.1, 0.15) is 0 Å².